The highest BCUT2D eigenvalue weighted by Gasteiger charge is 2.04. The molecule has 4 nitrogen and oxygen atoms in total. The molecule has 0 amide bonds. The number of rotatable bonds is 5. The van der Waals surface area contributed by atoms with Crippen LogP contribution in [0.2, 0.25) is 0 Å². The van der Waals surface area contributed by atoms with Crippen LogP contribution in [0, 0.1) is 0 Å². The summed E-state index contributed by atoms with van der Waals surface area (Å²) in [5.74, 6) is -0.478. The Bertz CT molecular complexity index is 618. The van der Waals surface area contributed by atoms with Crippen molar-refractivity contribution in [2.45, 2.75) is 6.61 Å². The van der Waals surface area contributed by atoms with Crippen molar-refractivity contribution in [2.24, 2.45) is 0 Å². The predicted molar refractivity (Wildman–Crippen MR) is 75.6 cm³/mol. The average molecular weight is 270 g/mol. The Hall–Kier alpha value is -2.75. The minimum atomic E-state index is -1.05. The van der Waals surface area contributed by atoms with E-state index in [0.29, 0.717) is 17.9 Å². The molecular weight excluding hydrogens is 256 g/mol. The van der Waals surface area contributed by atoms with Gasteiger partial charge in [-0.05, 0) is 29.8 Å². The molecule has 2 rings (SSSR count). The normalized spacial score (nSPS) is 10.6. The van der Waals surface area contributed by atoms with Gasteiger partial charge in [-0.2, -0.15) is 0 Å². The molecule has 0 atom stereocenters. The van der Waals surface area contributed by atoms with E-state index in [1.165, 1.54) is 18.2 Å². The molecule has 4 heteroatoms. The van der Waals surface area contributed by atoms with Crippen LogP contribution in [0.5, 0.6) is 11.5 Å². The lowest BCUT2D eigenvalue weighted by molar-refractivity contribution is -0.131. The number of hydrogen-bond donors (Lipinski definition) is 2. The molecule has 0 saturated heterocycles. The van der Waals surface area contributed by atoms with E-state index in [4.69, 9.17) is 9.84 Å². The zero-order valence-corrected chi connectivity index (χ0v) is 10.7. The van der Waals surface area contributed by atoms with E-state index in [2.05, 4.69) is 0 Å². The molecular formula is C16H14O4. The fourth-order valence-corrected chi connectivity index (χ4v) is 1.69. The number of carbonyl (C=O) groups is 1. The van der Waals surface area contributed by atoms with E-state index in [-0.39, 0.29) is 5.75 Å². The number of hydrogen-bond acceptors (Lipinski definition) is 3. The molecule has 0 aliphatic rings. The third kappa shape index (κ3) is 3.88. The van der Waals surface area contributed by atoms with Gasteiger partial charge in [0.05, 0.1) is 0 Å². The van der Waals surface area contributed by atoms with Crippen LogP contribution in [0.25, 0.3) is 6.08 Å². The molecule has 0 radical (unpaired) electrons. The quantitative estimate of drug-likeness (QED) is 0.819. The van der Waals surface area contributed by atoms with Gasteiger partial charge in [0.2, 0.25) is 0 Å². The summed E-state index contributed by atoms with van der Waals surface area (Å²) in [5, 5.41) is 18.1. The Morgan fingerprint density at radius 2 is 1.90 bits per heavy atom. The zero-order chi connectivity index (χ0) is 14.4. The molecule has 0 aromatic heterocycles. The molecule has 0 saturated carbocycles. The van der Waals surface area contributed by atoms with E-state index in [1.54, 1.807) is 6.07 Å². The maximum absolute atomic E-state index is 10.6. The first-order valence-electron chi connectivity index (χ1n) is 6.06. The molecule has 102 valence electrons. The molecule has 0 spiro atoms. The van der Waals surface area contributed by atoms with Crippen LogP contribution in [0.1, 0.15) is 11.1 Å². The average Bonchev–Trinajstić information content (AvgIpc) is 2.45. The Kier molecular flexibility index (Phi) is 4.39. The van der Waals surface area contributed by atoms with Gasteiger partial charge in [0.1, 0.15) is 18.1 Å². The third-order valence-electron chi connectivity index (χ3n) is 2.64. The lowest BCUT2D eigenvalue weighted by Gasteiger charge is -2.09. The van der Waals surface area contributed by atoms with Gasteiger partial charge in [-0.1, -0.05) is 30.3 Å². The van der Waals surface area contributed by atoms with Crippen LogP contribution < -0.4 is 4.74 Å². The van der Waals surface area contributed by atoms with Crippen LogP contribution in [0.15, 0.2) is 54.6 Å². The number of carboxylic acids is 1. The van der Waals surface area contributed by atoms with Crippen molar-refractivity contribution in [3.8, 4) is 11.5 Å². The van der Waals surface area contributed by atoms with E-state index in [0.717, 1.165) is 11.6 Å². The summed E-state index contributed by atoms with van der Waals surface area (Å²) in [5.41, 5.74) is 1.53. The molecule has 0 unspecified atom stereocenters. The van der Waals surface area contributed by atoms with E-state index < -0.39 is 5.97 Å². The molecule has 2 aromatic carbocycles. The molecule has 0 aliphatic carbocycles. The van der Waals surface area contributed by atoms with Gasteiger partial charge in [0, 0.05) is 11.6 Å². The minimum absolute atomic E-state index is 0.0575. The molecule has 0 fully saturated rings. The largest absolute Gasteiger partial charge is 0.508 e. The number of aromatic hydroxyl groups is 1. The fraction of sp³-hybridized carbons (Fsp3) is 0.0625. The highest BCUT2D eigenvalue weighted by molar-refractivity contribution is 5.86. The summed E-state index contributed by atoms with van der Waals surface area (Å²) in [7, 11) is 0. The predicted octanol–water partition coefficient (Wildman–Crippen LogP) is 3.07. The van der Waals surface area contributed by atoms with Crippen LogP contribution in [-0.2, 0) is 11.4 Å². The Balaban J connectivity index is 2.16. The lowest BCUT2D eigenvalue weighted by Crippen LogP contribution is -1.97. The Morgan fingerprint density at radius 3 is 2.60 bits per heavy atom. The monoisotopic (exact) mass is 270 g/mol. The summed E-state index contributed by atoms with van der Waals surface area (Å²) in [6.07, 6.45) is 2.40. The minimum Gasteiger partial charge on any atom is -0.508 e. The molecule has 0 heterocycles. The van der Waals surface area contributed by atoms with Gasteiger partial charge in [0.25, 0.3) is 0 Å². The summed E-state index contributed by atoms with van der Waals surface area (Å²) in [6.45, 7) is 0.375. The molecule has 2 N–H and O–H groups in total. The van der Waals surface area contributed by atoms with Gasteiger partial charge in [-0.3, -0.25) is 0 Å². The number of benzene rings is 2. The first kappa shape index (κ1) is 13.7. The maximum Gasteiger partial charge on any atom is 0.328 e. The molecule has 0 aliphatic heterocycles. The van der Waals surface area contributed by atoms with Crippen LogP contribution in [-0.4, -0.2) is 16.2 Å². The van der Waals surface area contributed by atoms with Crippen LogP contribution in [0.3, 0.4) is 0 Å². The van der Waals surface area contributed by atoms with Gasteiger partial charge in [0.15, 0.2) is 0 Å². The molecule has 20 heavy (non-hydrogen) atoms. The van der Waals surface area contributed by atoms with E-state index >= 15 is 0 Å². The van der Waals surface area contributed by atoms with Gasteiger partial charge in [-0.15, -0.1) is 0 Å². The van der Waals surface area contributed by atoms with Crippen molar-refractivity contribution in [1.82, 2.24) is 0 Å². The zero-order valence-electron chi connectivity index (χ0n) is 10.7. The van der Waals surface area contributed by atoms with Crippen molar-refractivity contribution in [2.75, 3.05) is 0 Å². The number of phenolic OH excluding ortho intramolecular Hbond substituents is 1. The van der Waals surface area contributed by atoms with Crippen LogP contribution >= 0.6 is 0 Å². The summed E-state index contributed by atoms with van der Waals surface area (Å²) in [4.78, 5) is 10.6. The second-order valence-corrected chi connectivity index (χ2v) is 4.17. The van der Waals surface area contributed by atoms with Crippen molar-refractivity contribution >= 4 is 12.0 Å². The summed E-state index contributed by atoms with van der Waals surface area (Å²) < 4.78 is 5.66. The first-order chi connectivity index (χ1) is 9.65. The highest BCUT2D eigenvalue weighted by Crippen LogP contribution is 2.25. The number of carboxylic acid groups (broad SMARTS) is 1. The number of ether oxygens (including phenoxy) is 1. The van der Waals surface area contributed by atoms with Crippen molar-refractivity contribution < 1.29 is 19.7 Å². The standard InChI is InChI=1S/C16H14O4/c17-14-7-8-15(13(10-14)6-9-16(18)19)20-11-12-4-2-1-3-5-12/h1-10,17H,11H2,(H,18,19). The molecule has 0 bridgehead atoms. The third-order valence-corrected chi connectivity index (χ3v) is 2.64. The van der Waals surface area contributed by atoms with Crippen molar-refractivity contribution in [1.29, 1.82) is 0 Å². The number of phenols is 1. The van der Waals surface area contributed by atoms with Crippen molar-refractivity contribution in [3.05, 3.63) is 65.7 Å². The van der Waals surface area contributed by atoms with Gasteiger partial charge >= 0.3 is 5.97 Å². The second kappa shape index (κ2) is 6.43. The first-order valence-corrected chi connectivity index (χ1v) is 6.06. The highest BCUT2D eigenvalue weighted by atomic mass is 16.5. The smallest absolute Gasteiger partial charge is 0.328 e. The summed E-state index contributed by atoms with van der Waals surface area (Å²) in [6, 6.07) is 14.2. The summed E-state index contributed by atoms with van der Waals surface area (Å²) >= 11 is 0. The topological polar surface area (TPSA) is 66.8 Å². The SMILES string of the molecule is O=C(O)C=Cc1cc(O)ccc1OCc1ccccc1. The number of aliphatic carboxylic acids is 1. The van der Waals surface area contributed by atoms with Gasteiger partial charge < -0.3 is 14.9 Å². The fourth-order valence-electron chi connectivity index (χ4n) is 1.69. The van der Waals surface area contributed by atoms with Crippen LogP contribution in [0.4, 0.5) is 0 Å². The van der Waals surface area contributed by atoms with E-state index in [9.17, 15) is 9.90 Å². The second-order valence-electron chi connectivity index (χ2n) is 4.17. The maximum atomic E-state index is 10.6. The Labute approximate surface area is 116 Å². The van der Waals surface area contributed by atoms with E-state index in [1.807, 2.05) is 30.3 Å². The molecule has 2 aromatic rings. The van der Waals surface area contributed by atoms with Gasteiger partial charge in [-0.25, -0.2) is 4.79 Å². The Morgan fingerprint density at radius 1 is 1.15 bits per heavy atom. The van der Waals surface area contributed by atoms with Crippen molar-refractivity contribution in [3.63, 3.8) is 0 Å². The lowest BCUT2D eigenvalue weighted by atomic mass is 10.1.